The van der Waals surface area contributed by atoms with Gasteiger partial charge >= 0.3 is 5.97 Å². The Bertz CT molecular complexity index is 1040. The smallest absolute Gasteiger partial charge is 0.339 e. The summed E-state index contributed by atoms with van der Waals surface area (Å²) in [7, 11) is 0. The lowest BCUT2D eigenvalue weighted by Crippen LogP contribution is -2.30. The van der Waals surface area contributed by atoms with Crippen LogP contribution < -0.4 is 0 Å². The number of nitrogens with zero attached hydrogens (tertiary/aromatic N) is 1. The summed E-state index contributed by atoms with van der Waals surface area (Å²) in [5.41, 5.74) is 1.31. The molecule has 0 heterocycles. The van der Waals surface area contributed by atoms with E-state index in [1.807, 2.05) is 31.2 Å². The van der Waals surface area contributed by atoms with Crippen molar-refractivity contribution in [2.45, 2.75) is 19.4 Å². The van der Waals surface area contributed by atoms with Crippen LogP contribution in [0, 0.1) is 17.0 Å². The van der Waals surface area contributed by atoms with Crippen LogP contribution >= 0.6 is 23.2 Å². The fourth-order valence-corrected chi connectivity index (χ4v) is 3.47. The summed E-state index contributed by atoms with van der Waals surface area (Å²) < 4.78 is 5.92. The molecule has 0 saturated heterocycles. The van der Waals surface area contributed by atoms with Crippen LogP contribution in [0.25, 0.3) is 0 Å². The Balaban J connectivity index is 2.04. The third-order valence-corrected chi connectivity index (χ3v) is 5.06. The molecule has 29 heavy (non-hydrogen) atoms. The van der Waals surface area contributed by atoms with Gasteiger partial charge in [0, 0.05) is 27.7 Å². The van der Waals surface area contributed by atoms with Crippen molar-refractivity contribution < 1.29 is 14.5 Å². The molecule has 0 bridgehead atoms. The Hall–Kier alpha value is -2.89. The number of esters is 1. The molecule has 5 nitrogen and oxygen atoms in total. The quantitative estimate of drug-likeness (QED) is 0.269. The number of nitro benzene ring substituents is 1. The number of nitro groups is 1. The summed E-state index contributed by atoms with van der Waals surface area (Å²) in [4.78, 5) is 23.2. The average Bonchev–Trinajstić information content (AvgIpc) is 2.67. The first-order valence-electron chi connectivity index (χ1n) is 8.70. The van der Waals surface area contributed by atoms with Gasteiger partial charge in [-0.1, -0.05) is 53.0 Å². The molecule has 148 valence electrons. The summed E-state index contributed by atoms with van der Waals surface area (Å²) >= 11 is 12.4. The van der Waals surface area contributed by atoms with Crippen LogP contribution in [0.15, 0.2) is 66.7 Å². The molecule has 0 aliphatic carbocycles. The largest absolute Gasteiger partial charge is 0.446 e. The van der Waals surface area contributed by atoms with Crippen LogP contribution in [0.2, 0.25) is 10.0 Å². The van der Waals surface area contributed by atoms with Crippen molar-refractivity contribution in [3.8, 4) is 0 Å². The maximum Gasteiger partial charge on any atom is 0.339 e. The van der Waals surface area contributed by atoms with Crippen molar-refractivity contribution in [1.29, 1.82) is 0 Å². The standard InChI is InChI=1S/C22H17Cl2NO4/c1-14-3-7-16(8-4-14)22(2,17-11-18(23)13-19(24)12-17)29-21(26)15-5-9-20(10-6-15)25(27)28/h3-13H,1-2H3. The Morgan fingerprint density at radius 1 is 0.931 bits per heavy atom. The van der Waals surface area contributed by atoms with Gasteiger partial charge in [-0.05, 0) is 49.7 Å². The predicted octanol–water partition coefficient (Wildman–Crippen LogP) is 6.33. The number of carbonyl (C=O) groups excluding carboxylic acids is 1. The number of aryl methyl sites for hydroxylation is 1. The Morgan fingerprint density at radius 2 is 1.48 bits per heavy atom. The van der Waals surface area contributed by atoms with Crippen molar-refractivity contribution in [3.05, 3.63) is 109 Å². The van der Waals surface area contributed by atoms with E-state index in [1.165, 1.54) is 24.3 Å². The van der Waals surface area contributed by atoms with E-state index in [0.29, 0.717) is 15.6 Å². The average molecular weight is 430 g/mol. The highest BCUT2D eigenvalue weighted by Gasteiger charge is 2.34. The minimum absolute atomic E-state index is 0.107. The van der Waals surface area contributed by atoms with E-state index in [9.17, 15) is 14.9 Å². The van der Waals surface area contributed by atoms with E-state index in [0.717, 1.165) is 11.1 Å². The lowest BCUT2D eigenvalue weighted by atomic mass is 9.87. The Morgan fingerprint density at radius 3 is 2.00 bits per heavy atom. The minimum atomic E-state index is -1.18. The van der Waals surface area contributed by atoms with Gasteiger partial charge in [-0.2, -0.15) is 0 Å². The molecule has 0 aromatic heterocycles. The molecule has 1 unspecified atom stereocenters. The van der Waals surface area contributed by atoms with Gasteiger partial charge < -0.3 is 4.74 Å². The first-order chi connectivity index (χ1) is 13.7. The Labute approximate surface area is 178 Å². The zero-order chi connectivity index (χ0) is 21.2. The zero-order valence-corrected chi connectivity index (χ0v) is 17.2. The molecule has 0 amide bonds. The van der Waals surface area contributed by atoms with Gasteiger partial charge in [0.15, 0.2) is 5.60 Å². The van der Waals surface area contributed by atoms with E-state index in [-0.39, 0.29) is 11.3 Å². The van der Waals surface area contributed by atoms with Crippen LogP contribution in [-0.2, 0) is 10.3 Å². The topological polar surface area (TPSA) is 69.4 Å². The van der Waals surface area contributed by atoms with E-state index in [2.05, 4.69) is 0 Å². The molecule has 3 rings (SSSR count). The molecule has 3 aromatic carbocycles. The number of benzene rings is 3. The molecule has 0 radical (unpaired) electrons. The first kappa shape index (κ1) is 20.8. The molecule has 0 aliphatic rings. The van der Waals surface area contributed by atoms with Crippen LogP contribution in [0.1, 0.15) is 34.0 Å². The minimum Gasteiger partial charge on any atom is -0.446 e. The van der Waals surface area contributed by atoms with Gasteiger partial charge in [0.05, 0.1) is 10.5 Å². The highest BCUT2D eigenvalue weighted by molar-refractivity contribution is 6.34. The normalized spacial score (nSPS) is 12.8. The number of hydrogen-bond acceptors (Lipinski definition) is 4. The lowest BCUT2D eigenvalue weighted by molar-refractivity contribution is -0.384. The van der Waals surface area contributed by atoms with Crippen LogP contribution in [0.5, 0.6) is 0 Å². The molecule has 0 spiro atoms. The molecule has 0 saturated carbocycles. The van der Waals surface area contributed by atoms with Crippen molar-refractivity contribution in [2.24, 2.45) is 0 Å². The van der Waals surface area contributed by atoms with Crippen molar-refractivity contribution >= 4 is 34.9 Å². The van der Waals surface area contributed by atoms with Gasteiger partial charge in [0.25, 0.3) is 5.69 Å². The second-order valence-electron chi connectivity index (χ2n) is 6.75. The molecule has 1 atom stereocenters. The SMILES string of the molecule is Cc1ccc(C(C)(OC(=O)c2ccc([N+](=O)[O-])cc2)c2cc(Cl)cc(Cl)c2)cc1. The molecule has 0 N–H and O–H groups in total. The summed E-state index contributed by atoms with van der Waals surface area (Å²) in [5, 5.41) is 11.7. The Kier molecular flexibility index (Phi) is 5.91. The number of non-ortho nitro benzene ring substituents is 1. The lowest BCUT2D eigenvalue weighted by Gasteiger charge is -2.31. The second-order valence-corrected chi connectivity index (χ2v) is 7.62. The molecular formula is C22H17Cl2NO4. The first-order valence-corrected chi connectivity index (χ1v) is 9.46. The van der Waals surface area contributed by atoms with Crippen molar-refractivity contribution in [3.63, 3.8) is 0 Å². The molecule has 3 aromatic rings. The predicted molar refractivity (Wildman–Crippen MR) is 113 cm³/mol. The summed E-state index contributed by atoms with van der Waals surface area (Å²) in [6.45, 7) is 3.71. The number of ether oxygens (including phenoxy) is 1. The number of rotatable bonds is 5. The summed E-state index contributed by atoms with van der Waals surface area (Å²) in [5.74, 6) is -0.626. The van der Waals surface area contributed by atoms with Gasteiger partial charge in [0.2, 0.25) is 0 Å². The van der Waals surface area contributed by atoms with Crippen molar-refractivity contribution in [1.82, 2.24) is 0 Å². The monoisotopic (exact) mass is 429 g/mol. The van der Waals surface area contributed by atoms with Crippen molar-refractivity contribution in [2.75, 3.05) is 0 Å². The molecule has 0 aliphatic heterocycles. The van der Waals surface area contributed by atoms with Crippen LogP contribution in [0.4, 0.5) is 5.69 Å². The third kappa shape index (κ3) is 4.58. The number of hydrogen-bond donors (Lipinski definition) is 0. The highest BCUT2D eigenvalue weighted by Crippen LogP contribution is 2.37. The van der Waals surface area contributed by atoms with Crippen LogP contribution in [-0.4, -0.2) is 10.9 Å². The third-order valence-electron chi connectivity index (χ3n) is 4.63. The summed E-state index contributed by atoms with van der Waals surface area (Å²) in [6, 6.07) is 17.8. The number of halogens is 2. The highest BCUT2D eigenvalue weighted by atomic mass is 35.5. The maximum absolute atomic E-state index is 12.9. The second kappa shape index (κ2) is 8.23. The van der Waals surface area contributed by atoms with Gasteiger partial charge in [-0.3, -0.25) is 10.1 Å². The van der Waals surface area contributed by atoms with Crippen LogP contribution in [0.3, 0.4) is 0 Å². The van der Waals surface area contributed by atoms with E-state index in [4.69, 9.17) is 27.9 Å². The fraction of sp³-hybridized carbons (Fsp3) is 0.136. The zero-order valence-electron chi connectivity index (χ0n) is 15.7. The summed E-state index contributed by atoms with van der Waals surface area (Å²) in [6.07, 6.45) is 0. The molecule has 7 heteroatoms. The van der Waals surface area contributed by atoms with E-state index >= 15 is 0 Å². The fourth-order valence-electron chi connectivity index (χ4n) is 2.95. The van der Waals surface area contributed by atoms with E-state index in [1.54, 1.807) is 25.1 Å². The molecule has 0 fully saturated rings. The molecular weight excluding hydrogens is 413 g/mol. The van der Waals surface area contributed by atoms with Gasteiger partial charge in [0.1, 0.15) is 0 Å². The van der Waals surface area contributed by atoms with Gasteiger partial charge in [-0.25, -0.2) is 4.79 Å². The number of carbonyl (C=O) groups is 1. The maximum atomic E-state index is 12.9. The van der Waals surface area contributed by atoms with E-state index < -0.39 is 16.5 Å². The van der Waals surface area contributed by atoms with Gasteiger partial charge in [-0.15, -0.1) is 0 Å².